The van der Waals surface area contributed by atoms with Gasteiger partial charge in [0, 0.05) is 31.6 Å². The zero-order valence-electron chi connectivity index (χ0n) is 11.6. The van der Waals surface area contributed by atoms with Crippen molar-refractivity contribution < 1.29 is 4.79 Å². The van der Waals surface area contributed by atoms with Crippen LogP contribution in [0.5, 0.6) is 0 Å². The fourth-order valence-corrected chi connectivity index (χ4v) is 3.17. The van der Waals surface area contributed by atoms with Crippen molar-refractivity contribution in [2.75, 3.05) is 24.5 Å². The van der Waals surface area contributed by atoms with Gasteiger partial charge in [-0.2, -0.15) is 0 Å². The van der Waals surface area contributed by atoms with Crippen molar-refractivity contribution in [3.8, 4) is 0 Å². The molecule has 108 valence electrons. The average Bonchev–Trinajstić information content (AvgIpc) is 2.47. The number of rotatable bonds is 3. The van der Waals surface area contributed by atoms with Gasteiger partial charge in [0.05, 0.1) is 5.69 Å². The molecule has 0 aliphatic carbocycles. The highest BCUT2D eigenvalue weighted by molar-refractivity contribution is 5.74. The first-order valence-electron chi connectivity index (χ1n) is 7.30. The van der Waals surface area contributed by atoms with E-state index in [0.29, 0.717) is 12.3 Å². The lowest BCUT2D eigenvalue weighted by molar-refractivity contribution is -0.119. The zero-order valence-corrected chi connectivity index (χ0v) is 11.6. The van der Waals surface area contributed by atoms with E-state index in [-0.39, 0.29) is 5.91 Å². The van der Waals surface area contributed by atoms with E-state index >= 15 is 0 Å². The van der Waals surface area contributed by atoms with Crippen LogP contribution in [0.2, 0.25) is 0 Å². The number of anilines is 1. The summed E-state index contributed by atoms with van der Waals surface area (Å²) in [6, 6.07) is 0. The lowest BCUT2D eigenvalue weighted by atomic mass is 9.93. The van der Waals surface area contributed by atoms with Crippen molar-refractivity contribution in [1.29, 1.82) is 0 Å². The standard InChI is InChI=1S/C14H21N5O/c15-13(20)7-10-2-5-19(6-3-10)14-11-1-4-16-8-12(11)17-9-18-14/h9-10,16H,1-8H2,(H2,15,20). The van der Waals surface area contributed by atoms with Gasteiger partial charge in [0.2, 0.25) is 5.91 Å². The van der Waals surface area contributed by atoms with Gasteiger partial charge < -0.3 is 16.0 Å². The maximum atomic E-state index is 11.0. The van der Waals surface area contributed by atoms with Gasteiger partial charge in [-0.15, -0.1) is 0 Å². The number of aromatic nitrogens is 2. The second-order valence-corrected chi connectivity index (χ2v) is 5.65. The molecule has 0 atom stereocenters. The summed E-state index contributed by atoms with van der Waals surface area (Å²) in [5, 5.41) is 3.34. The topological polar surface area (TPSA) is 84.1 Å². The third-order valence-electron chi connectivity index (χ3n) is 4.26. The van der Waals surface area contributed by atoms with Crippen LogP contribution in [0.1, 0.15) is 30.5 Å². The van der Waals surface area contributed by atoms with Crippen molar-refractivity contribution in [3.05, 3.63) is 17.6 Å². The number of hydrogen-bond donors (Lipinski definition) is 2. The zero-order chi connectivity index (χ0) is 13.9. The first-order valence-corrected chi connectivity index (χ1v) is 7.30. The number of amides is 1. The predicted molar refractivity (Wildman–Crippen MR) is 76.2 cm³/mol. The quantitative estimate of drug-likeness (QED) is 0.824. The fraction of sp³-hybridized carbons (Fsp3) is 0.643. The van der Waals surface area contributed by atoms with Crippen LogP contribution < -0.4 is 16.0 Å². The number of carbonyl (C=O) groups excluding carboxylic acids is 1. The first kappa shape index (κ1) is 13.3. The average molecular weight is 275 g/mol. The van der Waals surface area contributed by atoms with Crippen LogP contribution in [0.3, 0.4) is 0 Å². The molecule has 0 radical (unpaired) electrons. The predicted octanol–water partition coefficient (Wildman–Crippen LogP) is 0.214. The molecule has 6 heteroatoms. The summed E-state index contributed by atoms with van der Waals surface area (Å²) in [5.41, 5.74) is 7.70. The van der Waals surface area contributed by atoms with Crippen LogP contribution in [-0.4, -0.2) is 35.5 Å². The van der Waals surface area contributed by atoms with Gasteiger partial charge in [0.25, 0.3) is 0 Å². The third kappa shape index (κ3) is 2.75. The summed E-state index contributed by atoms with van der Waals surface area (Å²) in [7, 11) is 0. The third-order valence-corrected chi connectivity index (χ3v) is 4.26. The molecule has 1 amide bonds. The number of nitrogens with zero attached hydrogens (tertiary/aromatic N) is 3. The molecule has 0 saturated carbocycles. The molecular weight excluding hydrogens is 254 g/mol. The Bertz CT molecular complexity index is 496. The molecule has 6 nitrogen and oxygen atoms in total. The van der Waals surface area contributed by atoms with Gasteiger partial charge in [-0.25, -0.2) is 9.97 Å². The van der Waals surface area contributed by atoms with E-state index in [1.165, 1.54) is 5.56 Å². The van der Waals surface area contributed by atoms with Crippen LogP contribution in [0.25, 0.3) is 0 Å². The largest absolute Gasteiger partial charge is 0.370 e. The molecule has 1 saturated heterocycles. The highest BCUT2D eigenvalue weighted by Gasteiger charge is 2.25. The van der Waals surface area contributed by atoms with Crippen LogP contribution >= 0.6 is 0 Å². The lowest BCUT2D eigenvalue weighted by Gasteiger charge is -2.34. The Morgan fingerprint density at radius 3 is 2.95 bits per heavy atom. The second-order valence-electron chi connectivity index (χ2n) is 5.65. The number of nitrogens with two attached hydrogens (primary N) is 1. The Morgan fingerprint density at radius 1 is 1.40 bits per heavy atom. The van der Waals surface area contributed by atoms with Crippen molar-refractivity contribution in [2.45, 2.75) is 32.2 Å². The molecule has 0 spiro atoms. The van der Waals surface area contributed by atoms with E-state index in [4.69, 9.17) is 5.73 Å². The van der Waals surface area contributed by atoms with Crippen molar-refractivity contribution in [1.82, 2.24) is 15.3 Å². The summed E-state index contributed by atoms with van der Waals surface area (Å²) in [4.78, 5) is 22.2. The summed E-state index contributed by atoms with van der Waals surface area (Å²) >= 11 is 0. The number of hydrogen-bond acceptors (Lipinski definition) is 5. The van der Waals surface area contributed by atoms with Gasteiger partial charge in [0.1, 0.15) is 12.1 Å². The Balaban J connectivity index is 1.71. The molecule has 0 bridgehead atoms. The highest BCUT2D eigenvalue weighted by atomic mass is 16.1. The lowest BCUT2D eigenvalue weighted by Crippen LogP contribution is -2.37. The second kappa shape index (κ2) is 5.75. The summed E-state index contributed by atoms with van der Waals surface area (Å²) in [6.07, 6.45) is 5.20. The Kier molecular flexibility index (Phi) is 3.82. The SMILES string of the molecule is NC(=O)CC1CCN(c2ncnc3c2CCNC3)CC1. The number of piperidine rings is 1. The van der Waals surface area contributed by atoms with Gasteiger partial charge in [0.15, 0.2) is 0 Å². The maximum Gasteiger partial charge on any atom is 0.217 e. The van der Waals surface area contributed by atoms with Crippen LogP contribution in [-0.2, 0) is 17.8 Å². The monoisotopic (exact) mass is 275 g/mol. The van der Waals surface area contributed by atoms with Crippen molar-refractivity contribution >= 4 is 11.7 Å². The summed E-state index contributed by atoms with van der Waals surface area (Å²) in [6.45, 7) is 3.73. The first-order chi connectivity index (χ1) is 9.74. The molecule has 3 heterocycles. The molecule has 3 N–H and O–H groups in total. The van der Waals surface area contributed by atoms with E-state index < -0.39 is 0 Å². The molecule has 1 aromatic rings. The van der Waals surface area contributed by atoms with Gasteiger partial charge >= 0.3 is 0 Å². The Labute approximate surface area is 118 Å². The molecule has 2 aliphatic heterocycles. The van der Waals surface area contributed by atoms with Crippen LogP contribution in [0, 0.1) is 5.92 Å². The smallest absolute Gasteiger partial charge is 0.217 e. The number of fused-ring (bicyclic) bond motifs is 1. The van der Waals surface area contributed by atoms with E-state index in [9.17, 15) is 4.79 Å². The Morgan fingerprint density at radius 2 is 2.20 bits per heavy atom. The van der Waals surface area contributed by atoms with Crippen LogP contribution in [0.4, 0.5) is 5.82 Å². The van der Waals surface area contributed by atoms with E-state index in [2.05, 4.69) is 20.2 Å². The molecule has 2 aliphatic rings. The maximum absolute atomic E-state index is 11.0. The van der Waals surface area contributed by atoms with Crippen molar-refractivity contribution in [3.63, 3.8) is 0 Å². The minimum atomic E-state index is -0.186. The van der Waals surface area contributed by atoms with Gasteiger partial charge in [-0.05, 0) is 31.7 Å². The highest BCUT2D eigenvalue weighted by Crippen LogP contribution is 2.28. The van der Waals surface area contributed by atoms with E-state index in [1.807, 2.05) is 0 Å². The molecule has 0 unspecified atom stereocenters. The van der Waals surface area contributed by atoms with Gasteiger partial charge in [-0.3, -0.25) is 4.79 Å². The fourth-order valence-electron chi connectivity index (χ4n) is 3.17. The minimum Gasteiger partial charge on any atom is -0.370 e. The number of nitrogens with one attached hydrogen (secondary N) is 1. The summed E-state index contributed by atoms with van der Waals surface area (Å²) < 4.78 is 0. The molecule has 1 fully saturated rings. The van der Waals surface area contributed by atoms with Crippen molar-refractivity contribution in [2.24, 2.45) is 11.7 Å². The number of primary amides is 1. The van der Waals surface area contributed by atoms with Gasteiger partial charge in [-0.1, -0.05) is 0 Å². The summed E-state index contributed by atoms with van der Waals surface area (Å²) in [5.74, 6) is 1.34. The molecule has 3 rings (SSSR count). The molecule has 0 aromatic carbocycles. The molecule has 1 aromatic heterocycles. The molecular formula is C14H21N5O. The molecule has 20 heavy (non-hydrogen) atoms. The Hall–Kier alpha value is -1.69. The van der Waals surface area contributed by atoms with E-state index in [0.717, 1.165) is 57.0 Å². The minimum absolute atomic E-state index is 0.186. The van der Waals surface area contributed by atoms with Crippen LogP contribution in [0.15, 0.2) is 6.33 Å². The van der Waals surface area contributed by atoms with E-state index in [1.54, 1.807) is 6.33 Å². The number of carbonyl (C=O) groups is 1. The normalized spacial score (nSPS) is 19.7.